The summed E-state index contributed by atoms with van der Waals surface area (Å²) in [6, 6.07) is 19.2. The summed E-state index contributed by atoms with van der Waals surface area (Å²) < 4.78 is 5.88. The molecule has 92 valence electrons. The molecule has 0 amide bonds. The lowest BCUT2D eigenvalue weighted by Crippen LogP contribution is -2.07. The Morgan fingerprint density at radius 1 is 0.947 bits per heavy atom. The van der Waals surface area contributed by atoms with Gasteiger partial charge in [0.15, 0.2) is 0 Å². The third-order valence-electron chi connectivity index (χ3n) is 3.91. The van der Waals surface area contributed by atoms with Crippen LogP contribution in [0.1, 0.15) is 11.1 Å². The Morgan fingerprint density at radius 3 is 2.68 bits per heavy atom. The molecule has 1 aliphatic rings. The van der Waals surface area contributed by atoms with E-state index in [9.17, 15) is 0 Å². The van der Waals surface area contributed by atoms with E-state index in [0.29, 0.717) is 6.61 Å². The van der Waals surface area contributed by atoms with E-state index < -0.39 is 0 Å². The van der Waals surface area contributed by atoms with Crippen LogP contribution in [0.5, 0.6) is 5.75 Å². The van der Waals surface area contributed by atoms with Gasteiger partial charge >= 0.3 is 0 Å². The molecule has 19 heavy (non-hydrogen) atoms. The van der Waals surface area contributed by atoms with E-state index in [1.807, 2.05) is 6.07 Å². The summed E-state index contributed by atoms with van der Waals surface area (Å²) >= 11 is 0. The first kappa shape index (κ1) is 10.6. The highest BCUT2D eigenvalue weighted by Crippen LogP contribution is 2.42. The molecule has 0 spiro atoms. The van der Waals surface area contributed by atoms with Gasteiger partial charge in [0.1, 0.15) is 12.4 Å². The second-order valence-corrected chi connectivity index (χ2v) is 5.05. The normalized spacial score (nSPS) is 12.7. The molecule has 0 fully saturated rings. The molecular weight excluding hydrogens is 232 g/mol. The molecule has 0 N–H and O–H groups in total. The third kappa shape index (κ3) is 1.48. The van der Waals surface area contributed by atoms with Gasteiger partial charge < -0.3 is 4.74 Å². The van der Waals surface area contributed by atoms with Gasteiger partial charge in [0.25, 0.3) is 0 Å². The van der Waals surface area contributed by atoms with Crippen LogP contribution < -0.4 is 4.74 Å². The second kappa shape index (κ2) is 3.86. The smallest absolute Gasteiger partial charge is 0.127 e. The van der Waals surface area contributed by atoms with Crippen molar-refractivity contribution in [1.29, 1.82) is 0 Å². The monoisotopic (exact) mass is 246 g/mol. The average molecular weight is 246 g/mol. The van der Waals surface area contributed by atoms with Crippen molar-refractivity contribution in [1.82, 2.24) is 0 Å². The van der Waals surface area contributed by atoms with Gasteiger partial charge in [0.05, 0.1) is 0 Å². The lowest BCUT2D eigenvalue weighted by atomic mass is 9.89. The molecule has 3 aromatic carbocycles. The first-order chi connectivity index (χ1) is 9.34. The van der Waals surface area contributed by atoms with Crippen molar-refractivity contribution in [2.75, 3.05) is 0 Å². The van der Waals surface area contributed by atoms with Crippen LogP contribution in [0.3, 0.4) is 0 Å². The molecule has 1 heteroatoms. The summed E-state index contributed by atoms with van der Waals surface area (Å²) in [5, 5.41) is 2.62. The summed E-state index contributed by atoms with van der Waals surface area (Å²) in [4.78, 5) is 0. The van der Waals surface area contributed by atoms with E-state index in [-0.39, 0.29) is 0 Å². The molecule has 1 aliphatic heterocycles. The largest absolute Gasteiger partial charge is 0.488 e. The number of ether oxygens (including phenoxy) is 1. The highest BCUT2D eigenvalue weighted by molar-refractivity contribution is 6.00. The van der Waals surface area contributed by atoms with Crippen molar-refractivity contribution < 1.29 is 4.74 Å². The van der Waals surface area contributed by atoms with Crippen LogP contribution in [0.25, 0.3) is 21.9 Å². The maximum Gasteiger partial charge on any atom is 0.127 e. The fourth-order valence-corrected chi connectivity index (χ4v) is 2.97. The first-order valence-corrected chi connectivity index (χ1v) is 6.58. The molecule has 3 aromatic rings. The third-order valence-corrected chi connectivity index (χ3v) is 3.91. The minimum atomic E-state index is 0.670. The molecular formula is C18H14O. The number of rotatable bonds is 0. The van der Waals surface area contributed by atoms with E-state index in [1.54, 1.807) is 0 Å². The van der Waals surface area contributed by atoms with Gasteiger partial charge in [-0.15, -0.1) is 0 Å². The van der Waals surface area contributed by atoms with E-state index in [4.69, 9.17) is 4.74 Å². The average Bonchev–Trinajstić information content (AvgIpc) is 2.47. The van der Waals surface area contributed by atoms with Crippen LogP contribution >= 0.6 is 0 Å². The van der Waals surface area contributed by atoms with Crippen molar-refractivity contribution in [3.8, 4) is 16.9 Å². The van der Waals surface area contributed by atoms with Crippen LogP contribution in [-0.2, 0) is 6.61 Å². The number of hydrogen-bond donors (Lipinski definition) is 0. The van der Waals surface area contributed by atoms with Crippen molar-refractivity contribution in [2.24, 2.45) is 0 Å². The number of hydrogen-bond acceptors (Lipinski definition) is 1. The highest BCUT2D eigenvalue weighted by atomic mass is 16.5. The fraction of sp³-hybridized carbons (Fsp3) is 0.111. The molecule has 0 saturated heterocycles. The number of aryl methyl sites for hydroxylation is 1. The van der Waals surface area contributed by atoms with Crippen LogP contribution in [-0.4, -0.2) is 0 Å². The Morgan fingerprint density at radius 2 is 1.74 bits per heavy atom. The Hall–Kier alpha value is -2.28. The maximum absolute atomic E-state index is 5.88. The van der Waals surface area contributed by atoms with E-state index in [1.165, 1.54) is 33.0 Å². The Kier molecular flexibility index (Phi) is 2.16. The lowest BCUT2D eigenvalue weighted by molar-refractivity contribution is 0.302. The number of fused-ring (bicyclic) bond motifs is 5. The van der Waals surface area contributed by atoms with Crippen molar-refractivity contribution >= 4 is 10.8 Å². The Bertz CT molecular complexity index is 787. The lowest BCUT2D eigenvalue weighted by Gasteiger charge is -2.24. The van der Waals surface area contributed by atoms with E-state index in [0.717, 1.165) is 5.75 Å². The maximum atomic E-state index is 5.88. The topological polar surface area (TPSA) is 9.23 Å². The predicted octanol–water partition coefficient (Wildman–Crippen LogP) is 4.71. The van der Waals surface area contributed by atoms with E-state index in [2.05, 4.69) is 55.5 Å². The number of benzene rings is 3. The molecule has 0 bridgehead atoms. The minimum Gasteiger partial charge on any atom is -0.488 e. The Labute approximate surface area is 112 Å². The standard InChI is InChI=1S/C18H14O/c1-12-10-13-6-2-3-7-14(13)18-15-8-4-5-9-17(15)19-11-16(12)18/h2-10H,11H2,1H3. The van der Waals surface area contributed by atoms with Gasteiger partial charge in [0.2, 0.25) is 0 Å². The number of para-hydroxylation sites is 1. The first-order valence-electron chi connectivity index (χ1n) is 6.58. The zero-order valence-corrected chi connectivity index (χ0v) is 10.8. The summed E-state index contributed by atoms with van der Waals surface area (Å²) in [6.07, 6.45) is 0. The molecule has 1 nitrogen and oxygen atoms in total. The molecule has 0 aromatic heterocycles. The fourth-order valence-electron chi connectivity index (χ4n) is 2.97. The summed E-state index contributed by atoms with van der Waals surface area (Å²) in [6.45, 7) is 2.84. The quantitative estimate of drug-likeness (QED) is 0.558. The molecule has 1 heterocycles. The molecule has 4 rings (SSSR count). The van der Waals surface area contributed by atoms with Gasteiger partial charge in [-0.25, -0.2) is 0 Å². The van der Waals surface area contributed by atoms with Gasteiger partial charge in [-0.3, -0.25) is 0 Å². The zero-order valence-electron chi connectivity index (χ0n) is 10.8. The van der Waals surface area contributed by atoms with Gasteiger partial charge in [-0.2, -0.15) is 0 Å². The van der Waals surface area contributed by atoms with E-state index >= 15 is 0 Å². The molecule has 0 atom stereocenters. The van der Waals surface area contributed by atoms with Crippen LogP contribution in [0, 0.1) is 6.92 Å². The predicted molar refractivity (Wildman–Crippen MR) is 78.5 cm³/mol. The summed E-state index contributed by atoms with van der Waals surface area (Å²) in [5.74, 6) is 0.991. The molecule has 0 radical (unpaired) electrons. The molecule has 0 unspecified atom stereocenters. The molecule has 0 aliphatic carbocycles. The van der Waals surface area contributed by atoms with Crippen molar-refractivity contribution in [3.05, 3.63) is 65.7 Å². The van der Waals surface area contributed by atoms with Crippen LogP contribution in [0.2, 0.25) is 0 Å². The van der Waals surface area contributed by atoms with Crippen LogP contribution in [0.4, 0.5) is 0 Å². The summed E-state index contributed by atoms with van der Waals surface area (Å²) in [7, 11) is 0. The minimum absolute atomic E-state index is 0.670. The zero-order chi connectivity index (χ0) is 12.8. The summed E-state index contributed by atoms with van der Waals surface area (Å²) in [5.41, 5.74) is 5.18. The van der Waals surface area contributed by atoms with Gasteiger partial charge in [-0.1, -0.05) is 48.5 Å². The molecule has 0 saturated carbocycles. The Balaban J connectivity index is 2.19. The van der Waals surface area contributed by atoms with Crippen molar-refractivity contribution in [2.45, 2.75) is 13.5 Å². The highest BCUT2D eigenvalue weighted by Gasteiger charge is 2.20. The van der Waals surface area contributed by atoms with Crippen molar-refractivity contribution in [3.63, 3.8) is 0 Å². The SMILES string of the molecule is Cc1cc2ccccc2c2c1COc1ccccc1-2. The second-order valence-electron chi connectivity index (χ2n) is 5.05. The van der Waals surface area contributed by atoms with Gasteiger partial charge in [0, 0.05) is 16.7 Å². The van der Waals surface area contributed by atoms with Crippen LogP contribution in [0.15, 0.2) is 54.6 Å². The van der Waals surface area contributed by atoms with Gasteiger partial charge in [-0.05, 0) is 29.3 Å².